The van der Waals surface area contributed by atoms with Gasteiger partial charge in [0.2, 0.25) is 0 Å². The maximum absolute atomic E-state index is 6.31. The molecule has 1 fully saturated rings. The van der Waals surface area contributed by atoms with Crippen molar-refractivity contribution in [3.8, 4) is 0 Å². The van der Waals surface area contributed by atoms with Gasteiger partial charge in [-0.15, -0.1) is 0 Å². The van der Waals surface area contributed by atoms with E-state index in [2.05, 4.69) is 16.9 Å². The van der Waals surface area contributed by atoms with Gasteiger partial charge in [-0.2, -0.15) is 0 Å². The fourth-order valence-electron chi connectivity index (χ4n) is 2.78. The van der Waals surface area contributed by atoms with Crippen LogP contribution >= 0.6 is 0 Å². The highest BCUT2D eigenvalue weighted by Gasteiger charge is 2.26. The van der Waals surface area contributed by atoms with E-state index >= 15 is 0 Å². The van der Waals surface area contributed by atoms with Crippen LogP contribution in [0.25, 0.3) is 0 Å². The first-order valence-corrected chi connectivity index (χ1v) is 6.31. The van der Waals surface area contributed by atoms with Crippen molar-refractivity contribution in [1.29, 1.82) is 0 Å². The minimum atomic E-state index is 0.121. The topological polar surface area (TPSA) is 51.8 Å². The third-order valence-electron chi connectivity index (χ3n) is 3.87. The van der Waals surface area contributed by atoms with E-state index in [1.165, 1.54) is 32.1 Å². The van der Waals surface area contributed by atoms with Gasteiger partial charge in [0, 0.05) is 24.0 Å². The predicted octanol–water partition coefficient (Wildman–Crippen LogP) is 2.69. The lowest BCUT2D eigenvalue weighted by molar-refractivity contribution is 0.230. The monoisotopic (exact) mass is 219 g/mol. The molecule has 0 aromatic carbocycles. The third-order valence-corrected chi connectivity index (χ3v) is 3.87. The molecule has 1 heterocycles. The first-order valence-electron chi connectivity index (χ1n) is 6.31. The summed E-state index contributed by atoms with van der Waals surface area (Å²) in [6.45, 7) is 2.28. The lowest BCUT2D eigenvalue weighted by Gasteiger charge is -2.32. The quantitative estimate of drug-likeness (QED) is 0.850. The molecule has 1 aliphatic carbocycles. The van der Waals surface area contributed by atoms with Crippen LogP contribution in [0.1, 0.15) is 50.6 Å². The van der Waals surface area contributed by atoms with Crippen LogP contribution in [0.3, 0.4) is 0 Å². The van der Waals surface area contributed by atoms with Gasteiger partial charge in [0.25, 0.3) is 0 Å². The predicted molar refractivity (Wildman–Crippen MR) is 64.7 cm³/mol. The molecule has 2 rings (SSSR count). The van der Waals surface area contributed by atoms with Crippen molar-refractivity contribution in [2.45, 2.75) is 45.1 Å². The molecule has 88 valence electrons. The van der Waals surface area contributed by atoms with Crippen molar-refractivity contribution in [1.82, 2.24) is 9.97 Å². The molecule has 0 bridgehead atoms. The summed E-state index contributed by atoms with van der Waals surface area (Å²) in [5.41, 5.74) is 7.39. The molecule has 0 saturated heterocycles. The number of nitrogens with two attached hydrogens (primary N) is 1. The molecule has 1 aliphatic rings. The Morgan fingerprint density at radius 1 is 1.38 bits per heavy atom. The summed E-state index contributed by atoms with van der Waals surface area (Å²) in [6.07, 6.45) is 11.8. The second kappa shape index (κ2) is 5.39. The lowest BCUT2D eigenvalue weighted by atomic mass is 9.76. The molecule has 0 aliphatic heterocycles. The number of nitrogens with zero attached hydrogens (tertiary/aromatic N) is 2. The molecule has 1 aromatic heterocycles. The van der Waals surface area contributed by atoms with Gasteiger partial charge in [0.15, 0.2) is 0 Å². The maximum atomic E-state index is 6.31. The van der Waals surface area contributed by atoms with Crippen LogP contribution in [-0.4, -0.2) is 9.97 Å². The molecule has 3 heteroatoms. The van der Waals surface area contributed by atoms with Crippen LogP contribution in [-0.2, 0) is 0 Å². The summed E-state index contributed by atoms with van der Waals surface area (Å²) in [5, 5.41) is 0. The third kappa shape index (κ3) is 2.59. The first kappa shape index (κ1) is 11.5. The standard InChI is InChI=1S/C13H21N3/c1-2-10-4-3-5-11(6-10)13(14)12-7-15-9-16-8-12/h7-11,13H,2-6,14H2,1H3. The Morgan fingerprint density at radius 2 is 2.12 bits per heavy atom. The molecule has 1 saturated carbocycles. The average molecular weight is 219 g/mol. The van der Waals surface area contributed by atoms with Crippen molar-refractivity contribution < 1.29 is 0 Å². The van der Waals surface area contributed by atoms with Crippen molar-refractivity contribution in [2.24, 2.45) is 17.6 Å². The number of aromatic nitrogens is 2. The molecule has 16 heavy (non-hydrogen) atoms. The molecule has 0 spiro atoms. The highest BCUT2D eigenvalue weighted by Crippen LogP contribution is 2.36. The number of rotatable bonds is 3. The van der Waals surface area contributed by atoms with Gasteiger partial charge in [0.1, 0.15) is 6.33 Å². The van der Waals surface area contributed by atoms with Crippen LogP contribution < -0.4 is 5.73 Å². The normalized spacial score (nSPS) is 27.6. The Hall–Kier alpha value is -0.960. The minimum absolute atomic E-state index is 0.121. The number of hydrogen-bond acceptors (Lipinski definition) is 3. The summed E-state index contributed by atoms with van der Waals surface area (Å²) < 4.78 is 0. The smallest absolute Gasteiger partial charge is 0.115 e. The van der Waals surface area contributed by atoms with E-state index in [1.807, 2.05) is 12.4 Å². The van der Waals surface area contributed by atoms with Gasteiger partial charge in [-0.1, -0.05) is 26.2 Å². The Kier molecular flexibility index (Phi) is 3.88. The van der Waals surface area contributed by atoms with Crippen LogP contribution in [0.5, 0.6) is 0 Å². The van der Waals surface area contributed by atoms with Gasteiger partial charge >= 0.3 is 0 Å². The zero-order valence-electron chi connectivity index (χ0n) is 9.97. The summed E-state index contributed by atoms with van der Waals surface area (Å²) in [7, 11) is 0. The molecule has 2 N–H and O–H groups in total. The minimum Gasteiger partial charge on any atom is -0.324 e. The summed E-state index contributed by atoms with van der Waals surface area (Å²) >= 11 is 0. The molecular formula is C13H21N3. The van der Waals surface area contributed by atoms with Crippen LogP contribution in [0.2, 0.25) is 0 Å². The van der Waals surface area contributed by atoms with E-state index in [1.54, 1.807) is 6.33 Å². The van der Waals surface area contributed by atoms with Gasteiger partial charge in [0.05, 0.1) is 0 Å². The highest BCUT2D eigenvalue weighted by molar-refractivity contribution is 5.10. The van der Waals surface area contributed by atoms with E-state index in [-0.39, 0.29) is 6.04 Å². The zero-order chi connectivity index (χ0) is 11.4. The van der Waals surface area contributed by atoms with E-state index in [9.17, 15) is 0 Å². The molecule has 3 unspecified atom stereocenters. The van der Waals surface area contributed by atoms with Crippen molar-refractivity contribution in [3.05, 3.63) is 24.3 Å². The summed E-state index contributed by atoms with van der Waals surface area (Å²) in [6, 6.07) is 0.121. The van der Waals surface area contributed by atoms with E-state index in [0.717, 1.165) is 11.5 Å². The Morgan fingerprint density at radius 3 is 2.81 bits per heavy atom. The van der Waals surface area contributed by atoms with E-state index < -0.39 is 0 Å². The van der Waals surface area contributed by atoms with Gasteiger partial charge in [-0.3, -0.25) is 0 Å². The SMILES string of the molecule is CCC1CCCC(C(N)c2cncnc2)C1. The molecule has 3 atom stereocenters. The zero-order valence-corrected chi connectivity index (χ0v) is 9.97. The average Bonchev–Trinajstić information content (AvgIpc) is 2.39. The Labute approximate surface area is 97.5 Å². The second-order valence-corrected chi connectivity index (χ2v) is 4.90. The lowest BCUT2D eigenvalue weighted by Crippen LogP contribution is -2.27. The van der Waals surface area contributed by atoms with Crippen LogP contribution in [0.4, 0.5) is 0 Å². The Balaban J connectivity index is 2.01. The van der Waals surface area contributed by atoms with Gasteiger partial charge in [-0.25, -0.2) is 9.97 Å². The van der Waals surface area contributed by atoms with E-state index in [0.29, 0.717) is 5.92 Å². The van der Waals surface area contributed by atoms with Crippen molar-refractivity contribution >= 4 is 0 Å². The van der Waals surface area contributed by atoms with Gasteiger partial charge < -0.3 is 5.73 Å². The largest absolute Gasteiger partial charge is 0.324 e. The fourth-order valence-corrected chi connectivity index (χ4v) is 2.78. The number of hydrogen-bond donors (Lipinski definition) is 1. The second-order valence-electron chi connectivity index (χ2n) is 4.90. The van der Waals surface area contributed by atoms with Crippen LogP contribution in [0.15, 0.2) is 18.7 Å². The molecular weight excluding hydrogens is 198 g/mol. The maximum Gasteiger partial charge on any atom is 0.115 e. The summed E-state index contributed by atoms with van der Waals surface area (Å²) in [5.74, 6) is 1.49. The molecule has 0 amide bonds. The molecule has 1 aromatic rings. The van der Waals surface area contributed by atoms with Crippen molar-refractivity contribution in [3.63, 3.8) is 0 Å². The molecule has 0 radical (unpaired) electrons. The van der Waals surface area contributed by atoms with Crippen molar-refractivity contribution in [2.75, 3.05) is 0 Å². The van der Waals surface area contributed by atoms with Gasteiger partial charge in [-0.05, 0) is 24.7 Å². The Bertz CT molecular complexity index is 312. The fraction of sp³-hybridized carbons (Fsp3) is 0.692. The van der Waals surface area contributed by atoms with Crippen LogP contribution in [0, 0.1) is 11.8 Å². The van der Waals surface area contributed by atoms with E-state index in [4.69, 9.17) is 5.73 Å². The molecule has 3 nitrogen and oxygen atoms in total. The summed E-state index contributed by atoms with van der Waals surface area (Å²) in [4.78, 5) is 8.10. The highest BCUT2D eigenvalue weighted by atomic mass is 14.8. The first-order chi connectivity index (χ1) is 7.81.